The minimum absolute atomic E-state index is 0.0964. The van der Waals surface area contributed by atoms with Crippen LogP contribution in [0.1, 0.15) is 6.92 Å². The summed E-state index contributed by atoms with van der Waals surface area (Å²) in [5.74, 6) is 0.487. The van der Waals surface area contributed by atoms with E-state index in [2.05, 4.69) is 10.3 Å². The average molecular weight is 467 g/mol. The zero-order valence-electron chi connectivity index (χ0n) is 18.5. The summed E-state index contributed by atoms with van der Waals surface area (Å²) in [4.78, 5) is 30.6. The van der Waals surface area contributed by atoms with Gasteiger partial charge in [0.15, 0.2) is 0 Å². The molecule has 0 unspecified atom stereocenters. The number of fused-ring (bicyclic) bond motifs is 1. The summed E-state index contributed by atoms with van der Waals surface area (Å²) >= 11 is 6.22. The number of benzene rings is 2. The summed E-state index contributed by atoms with van der Waals surface area (Å²) in [6.07, 6.45) is 3.32. The van der Waals surface area contributed by atoms with E-state index in [-0.39, 0.29) is 18.0 Å². The Morgan fingerprint density at radius 3 is 2.48 bits per heavy atom. The molecule has 2 heterocycles. The summed E-state index contributed by atoms with van der Waals surface area (Å²) in [5.41, 5.74) is 2.80. The van der Waals surface area contributed by atoms with Crippen LogP contribution in [0.15, 0.2) is 59.8 Å². The molecule has 0 atom stereocenters. The summed E-state index contributed by atoms with van der Waals surface area (Å²) in [6, 6.07) is 12.8. The lowest BCUT2D eigenvalue weighted by Gasteiger charge is -2.13. The highest BCUT2D eigenvalue weighted by atomic mass is 35.5. The highest BCUT2D eigenvalue weighted by Crippen LogP contribution is 2.36. The molecule has 0 spiro atoms. The Hall–Kier alpha value is -3.78. The molecule has 1 amide bonds. The molecule has 0 bridgehead atoms. The van der Waals surface area contributed by atoms with Crippen LogP contribution in [0, 0.1) is 0 Å². The van der Waals surface area contributed by atoms with Gasteiger partial charge in [0.1, 0.15) is 29.1 Å². The van der Waals surface area contributed by atoms with Crippen molar-refractivity contribution in [2.24, 2.45) is 0 Å². The third kappa shape index (κ3) is 4.29. The average Bonchev–Trinajstić information content (AvgIpc) is 3.19. The molecule has 4 aromatic rings. The number of nitrogens with one attached hydrogen (secondary N) is 1. The van der Waals surface area contributed by atoms with Crippen molar-refractivity contribution in [1.82, 2.24) is 14.1 Å². The van der Waals surface area contributed by atoms with Gasteiger partial charge in [-0.1, -0.05) is 41.9 Å². The van der Waals surface area contributed by atoms with Crippen molar-refractivity contribution in [1.29, 1.82) is 0 Å². The molecular weight excluding hydrogens is 444 g/mol. The van der Waals surface area contributed by atoms with Crippen LogP contribution in [-0.2, 0) is 17.9 Å². The Morgan fingerprint density at radius 1 is 1.09 bits per heavy atom. The van der Waals surface area contributed by atoms with E-state index in [0.717, 1.165) is 11.1 Å². The highest BCUT2D eigenvalue weighted by molar-refractivity contribution is 6.32. The van der Waals surface area contributed by atoms with E-state index in [9.17, 15) is 9.59 Å². The lowest BCUT2D eigenvalue weighted by molar-refractivity contribution is -0.116. The predicted molar refractivity (Wildman–Crippen MR) is 128 cm³/mol. The maximum atomic E-state index is 13.1. The summed E-state index contributed by atoms with van der Waals surface area (Å²) in [7, 11) is 2.99. The topological polar surface area (TPSA) is 87.4 Å². The lowest BCUT2D eigenvalue weighted by atomic mass is 10.1. The molecule has 9 heteroatoms. The summed E-state index contributed by atoms with van der Waals surface area (Å²) < 4.78 is 13.7. The molecule has 0 fully saturated rings. The number of amides is 1. The summed E-state index contributed by atoms with van der Waals surface area (Å²) in [6.45, 7) is 2.24. The molecule has 0 saturated heterocycles. The first-order valence-electron chi connectivity index (χ1n) is 10.3. The van der Waals surface area contributed by atoms with Crippen LogP contribution in [0.5, 0.6) is 11.5 Å². The van der Waals surface area contributed by atoms with E-state index in [1.54, 1.807) is 22.9 Å². The van der Waals surface area contributed by atoms with Crippen molar-refractivity contribution in [2.45, 2.75) is 20.0 Å². The largest absolute Gasteiger partial charge is 0.495 e. The fraction of sp³-hybridized carbons (Fsp3) is 0.208. The number of anilines is 1. The van der Waals surface area contributed by atoms with Crippen LogP contribution in [0.2, 0.25) is 5.02 Å². The smallest absolute Gasteiger partial charge is 0.277 e. The van der Waals surface area contributed by atoms with Crippen molar-refractivity contribution in [3.63, 3.8) is 0 Å². The van der Waals surface area contributed by atoms with Crippen molar-refractivity contribution in [2.75, 3.05) is 19.5 Å². The minimum atomic E-state index is -0.350. The Morgan fingerprint density at radius 2 is 1.82 bits per heavy atom. The van der Waals surface area contributed by atoms with Crippen LogP contribution in [-0.4, -0.2) is 34.2 Å². The van der Waals surface area contributed by atoms with Crippen LogP contribution < -0.4 is 20.3 Å². The summed E-state index contributed by atoms with van der Waals surface area (Å²) in [5, 5.41) is 3.14. The molecule has 0 aliphatic heterocycles. The molecule has 0 aliphatic carbocycles. The van der Waals surface area contributed by atoms with Crippen molar-refractivity contribution < 1.29 is 14.3 Å². The number of nitrogens with zero attached hydrogens (tertiary/aromatic N) is 3. The second kappa shape index (κ2) is 9.38. The maximum absolute atomic E-state index is 13.1. The fourth-order valence-electron chi connectivity index (χ4n) is 3.70. The highest BCUT2D eigenvalue weighted by Gasteiger charge is 2.19. The van der Waals surface area contributed by atoms with Gasteiger partial charge in [-0.15, -0.1) is 0 Å². The van der Waals surface area contributed by atoms with E-state index >= 15 is 0 Å². The lowest BCUT2D eigenvalue weighted by Crippen LogP contribution is -2.24. The number of halogens is 1. The molecule has 0 aliphatic rings. The number of aryl methyl sites for hydroxylation is 1. The third-order valence-electron chi connectivity index (χ3n) is 5.33. The first-order valence-corrected chi connectivity index (χ1v) is 10.7. The monoisotopic (exact) mass is 466 g/mol. The zero-order chi connectivity index (χ0) is 23.5. The number of ether oxygens (including phenoxy) is 2. The van der Waals surface area contributed by atoms with E-state index in [1.165, 1.54) is 25.1 Å². The van der Waals surface area contributed by atoms with Gasteiger partial charge in [-0.3, -0.25) is 14.2 Å². The molecular formula is C24H23ClN4O4. The quantitative estimate of drug-likeness (QED) is 0.441. The zero-order valence-corrected chi connectivity index (χ0v) is 19.2. The predicted octanol–water partition coefficient (Wildman–Crippen LogP) is 4.19. The van der Waals surface area contributed by atoms with Gasteiger partial charge in [0.25, 0.3) is 5.56 Å². The second-order valence-corrected chi connectivity index (χ2v) is 7.71. The van der Waals surface area contributed by atoms with Crippen molar-refractivity contribution >= 4 is 34.2 Å². The molecule has 2 aromatic carbocycles. The molecule has 4 rings (SSSR count). The minimum Gasteiger partial charge on any atom is -0.495 e. The Labute approximate surface area is 195 Å². The molecule has 0 radical (unpaired) electrons. The normalized spacial score (nSPS) is 10.9. The van der Waals surface area contributed by atoms with E-state index in [0.29, 0.717) is 39.8 Å². The molecule has 8 nitrogen and oxygen atoms in total. The number of carbonyl (C=O) groups is 1. The third-order valence-corrected chi connectivity index (χ3v) is 5.62. The molecule has 1 N–H and O–H groups in total. The number of hydrogen-bond donors (Lipinski definition) is 1. The van der Waals surface area contributed by atoms with Gasteiger partial charge in [-0.05, 0) is 18.6 Å². The molecule has 2 aromatic heterocycles. The molecule has 170 valence electrons. The van der Waals surface area contributed by atoms with Crippen LogP contribution >= 0.6 is 11.6 Å². The van der Waals surface area contributed by atoms with Gasteiger partial charge in [0, 0.05) is 24.4 Å². The fourth-order valence-corrected chi connectivity index (χ4v) is 3.94. The molecule has 0 saturated carbocycles. The Bertz CT molecular complexity index is 1380. The van der Waals surface area contributed by atoms with Crippen LogP contribution in [0.25, 0.3) is 22.2 Å². The van der Waals surface area contributed by atoms with Gasteiger partial charge >= 0.3 is 0 Å². The van der Waals surface area contributed by atoms with Gasteiger partial charge in [0.05, 0.1) is 31.3 Å². The first kappa shape index (κ1) is 22.4. The van der Waals surface area contributed by atoms with Crippen molar-refractivity contribution in [3.05, 3.63) is 70.4 Å². The van der Waals surface area contributed by atoms with Crippen LogP contribution in [0.4, 0.5) is 5.69 Å². The standard InChI is InChI=1S/C24H23ClN4O4/c1-4-28-14-26-22-16(15-8-6-5-7-9-15)12-29(23(22)24(28)31)13-21(30)27-18-10-17(25)19(32-2)11-20(18)33-3/h5-12,14H,4,13H2,1-3H3,(H,27,30). The SMILES string of the molecule is CCn1cnc2c(-c3ccccc3)cn(CC(=O)Nc3cc(Cl)c(OC)cc3OC)c2c1=O. The number of rotatable bonds is 7. The van der Waals surface area contributed by atoms with Crippen molar-refractivity contribution in [3.8, 4) is 22.6 Å². The number of methoxy groups -OCH3 is 2. The van der Waals surface area contributed by atoms with Gasteiger partial charge < -0.3 is 19.4 Å². The Balaban J connectivity index is 1.74. The number of hydrogen-bond acceptors (Lipinski definition) is 5. The van der Waals surface area contributed by atoms with E-state index < -0.39 is 0 Å². The first-order chi connectivity index (χ1) is 16.0. The van der Waals surface area contributed by atoms with E-state index in [4.69, 9.17) is 21.1 Å². The molecule has 33 heavy (non-hydrogen) atoms. The maximum Gasteiger partial charge on any atom is 0.277 e. The Kier molecular flexibility index (Phi) is 6.37. The van der Waals surface area contributed by atoms with Gasteiger partial charge in [0.2, 0.25) is 5.91 Å². The van der Waals surface area contributed by atoms with E-state index in [1.807, 2.05) is 37.3 Å². The van der Waals surface area contributed by atoms with Crippen LogP contribution in [0.3, 0.4) is 0 Å². The van der Waals surface area contributed by atoms with Gasteiger partial charge in [-0.2, -0.15) is 0 Å². The second-order valence-electron chi connectivity index (χ2n) is 7.30. The number of carbonyl (C=O) groups excluding carboxylic acids is 1. The number of aromatic nitrogens is 3. The van der Waals surface area contributed by atoms with Gasteiger partial charge in [-0.25, -0.2) is 4.98 Å².